The number of methoxy groups -OCH3 is 1. The van der Waals surface area contributed by atoms with Gasteiger partial charge in [-0.15, -0.1) is 0 Å². The lowest BCUT2D eigenvalue weighted by molar-refractivity contribution is 0.0510. The molecule has 7 heteroatoms. The average Bonchev–Trinajstić information content (AvgIpc) is 3.05. The van der Waals surface area contributed by atoms with Crippen LogP contribution in [-0.4, -0.2) is 44.8 Å². The summed E-state index contributed by atoms with van der Waals surface area (Å²) in [6.07, 6.45) is 4.75. The molecule has 6 nitrogen and oxygen atoms in total. The molecule has 3 aromatic rings. The molecular formula is C22H25ClN4O2. The van der Waals surface area contributed by atoms with Crippen molar-refractivity contribution in [2.24, 2.45) is 0 Å². The summed E-state index contributed by atoms with van der Waals surface area (Å²) in [5.41, 5.74) is 2.67. The second-order valence-electron chi connectivity index (χ2n) is 7.72. The number of hydrogen-bond donors (Lipinski definition) is 0. The Morgan fingerprint density at radius 3 is 2.45 bits per heavy atom. The van der Waals surface area contributed by atoms with Gasteiger partial charge in [0.2, 0.25) is 0 Å². The van der Waals surface area contributed by atoms with Crippen molar-refractivity contribution in [1.29, 1.82) is 0 Å². The summed E-state index contributed by atoms with van der Waals surface area (Å²) in [5.74, 6) is 0.714. The third-order valence-electron chi connectivity index (χ3n) is 5.78. The van der Waals surface area contributed by atoms with Gasteiger partial charge < -0.3 is 9.64 Å². The first-order valence-corrected chi connectivity index (χ1v) is 10.3. The number of amides is 1. The Morgan fingerprint density at radius 1 is 1.17 bits per heavy atom. The van der Waals surface area contributed by atoms with Gasteiger partial charge in [0.1, 0.15) is 5.75 Å². The highest BCUT2D eigenvalue weighted by atomic mass is 35.5. The summed E-state index contributed by atoms with van der Waals surface area (Å²) in [7, 11) is 1.63. The number of benzene rings is 1. The monoisotopic (exact) mass is 412 g/mol. The van der Waals surface area contributed by atoms with E-state index in [2.05, 4.69) is 23.9 Å². The molecule has 1 aromatic carbocycles. The average molecular weight is 413 g/mol. The third-order valence-corrected chi connectivity index (χ3v) is 6.18. The van der Waals surface area contributed by atoms with E-state index in [0.717, 1.165) is 36.4 Å². The maximum Gasteiger partial charge on any atom is 0.257 e. The summed E-state index contributed by atoms with van der Waals surface area (Å²) in [5, 5.41) is 5.76. The number of ether oxygens (including phenoxy) is 1. The van der Waals surface area contributed by atoms with Gasteiger partial charge in [0.05, 0.1) is 34.5 Å². The maximum atomic E-state index is 13.3. The van der Waals surface area contributed by atoms with Gasteiger partial charge in [-0.2, -0.15) is 5.10 Å². The second kappa shape index (κ2) is 7.67. The number of aromatic nitrogens is 3. The molecule has 0 bridgehead atoms. The molecule has 0 unspecified atom stereocenters. The quantitative estimate of drug-likeness (QED) is 0.620. The van der Waals surface area contributed by atoms with Crippen LogP contribution in [0.15, 0.2) is 30.5 Å². The Bertz CT molecular complexity index is 1050. The zero-order chi connectivity index (χ0) is 20.7. The smallest absolute Gasteiger partial charge is 0.257 e. The lowest BCUT2D eigenvalue weighted by Gasteiger charge is -2.39. The number of halogens is 1. The van der Waals surface area contributed by atoms with Gasteiger partial charge in [-0.1, -0.05) is 11.6 Å². The molecule has 2 aromatic heterocycles. The molecule has 0 aliphatic carbocycles. The molecule has 1 aliphatic heterocycles. The number of nitrogens with zero attached hydrogens (tertiary/aromatic N) is 4. The molecule has 0 spiro atoms. The standard InChI is InChI=1S/C22H25ClN4O2/c1-13-6-5-7-14(2)26(13)22(28)18-12-24-21-19(20(18)23)15(3)25-27(21)16-8-10-17(29-4)11-9-16/h8-14H,5-7H2,1-4H3/t13-,14-/m1/s1. The predicted molar refractivity (Wildman–Crippen MR) is 114 cm³/mol. The van der Waals surface area contributed by atoms with Crippen molar-refractivity contribution in [1.82, 2.24) is 19.7 Å². The fraction of sp³-hybridized carbons (Fsp3) is 0.409. The number of aryl methyl sites for hydroxylation is 1. The van der Waals surface area contributed by atoms with Crippen LogP contribution in [0.1, 0.15) is 49.2 Å². The van der Waals surface area contributed by atoms with E-state index in [9.17, 15) is 4.79 Å². The molecule has 0 saturated carbocycles. The van der Waals surface area contributed by atoms with E-state index in [4.69, 9.17) is 16.3 Å². The van der Waals surface area contributed by atoms with E-state index in [0.29, 0.717) is 21.6 Å². The Labute approximate surface area is 175 Å². The van der Waals surface area contributed by atoms with Crippen molar-refractivity contribution >= 4 is 28.5 Å². The highest BCUT2D eigenvalue weighted by molar-refractivity contribution is 6.38. The van der Waals surface area contributed by atoms with E-state index < -0.39 is 0 Å². The minimum Gasteiger partial charge on any atom is -0.497 e. The Hall–Kier alpha value is -2.60. The Balaban J connectivity index is 1.78. The van der Waals surface area contributed by atoms with Crippen molar-refractivity contribution in [2.75, 3.05) is 7.11 Å². The molecule has 2 atom stereocenters. The summed E-state index contributed by atoms with van der Waals surface area (Å²) in [4.78, 5) is 19.8. The number of rotatable bonds is 3. The second-order valence-corrected chi connectivity index (χ2v) is 8.10. The summed E-state index contributed by atoms with van der Waals surface area (Å²) in [6, 6.07) is 7.96. The maximum absolute atomic E-state index is 13.3. The van der Waals surface area contributed by atoms with Crippen molar-refractivity contribution < 1.29 is 9.53 Å². The minimum absolute atomic E-state index is 0.0549. The van der Waals surface area contributed by atoms with Crippen LogP contribution in [0.2, 0.25) is 5.02 Å². The molecule has 1 fully saturated rings. The van der Waals surface area contributed by atoms with Gasteiger partial charge in [0, 0.05) is 18.3 Å². The highest BCUT2D eigenvalue weighted by Gasteiger charge is 2.32. The molecule has 1 amide bonds. The van der Waals surface area contributed by atoms with Crippen molar-refractivity contribution in [3.63, 3.8) is 0 Å². The molecule has 4 rings (SSSR count). The van der Waals surface area contributed by atoms with Crippen LogP contribution in [0.4, 0.5) is 0 Å². The number of piperidine rings is 1. The minimum atomic E-state index is -0.0549. The molecule has 1 aliphatic rings. The van der Waals surface area contributed by atoms with Crippen LogP contribution in [-0.2, 0) is 0 Å². The predicted octanol–water partition coefficient (Wildman–Crippen LogP) is 4.79. The normalized spacial score (nSPS) is 19.6. The van der Waals surface area contributed by atoms with E-state index in [-0.39, 0.29) is 18.0 Å². The van der Waals surface area contributed by atoms with E-state index in [1.165, 1.54) is 0 Å². The molecule has 3 heterocycles. The zero-order valence-corrected chi connectivity index (χ0v) is 17.9. The van der Waals surface area contributed by atoms with Gasteiger partial charge in [-0.05, 0) is 64.3 Å². The molecular weight excluding hydrogens is 388 g/mol. The number of hydrogen-bond acceptors (Lipinski definition) is 4. The number of carbonyl (C=O) groups is 1. The van der Waals surface area contributed by atoms with Crippen LogP contribution in [0.3, 0.4) is 0 Å². The van der Waals surface area contributed by atoms with Crippen LogP contribution >= 0.6 is 11.6 Å². The largest absolute Gasteiger partial charge is 0.497 e. The topological polar surface area (TPSA) is 60.3 Å². The first-order valence-electron chi connectivity index (χ1n) is 9.93. The van der Waals surface area contributed by atoms with Crippen molar-refractivity contribution in [2.45, 2.75) is 52.1 Å². The number of likely N-dealkylation sites (tertiary alicyclic amines) is 1. The number of fused-ring (bicyclic) bond motifs is 1. The van der Waals surface area contributed by atoms with E-state index in [1.54, 1.807) is 18.0 Å². The SMILES string of the molecule is COc1ccc(-n2nc(C)c3c(Cl)c(C(=O)N4[C@H](C)CCC[C@H]4C)cnc32)cc1. The van der Waals surface area contributed by atoms with Gasteiger partial charge in [0.15, 0.2) is 5.65 Å². The Morgan fingerprint density at radius 2 is 1.83 bits per heavy atom. The summed E-state index contributed by atoms with van der Waals surface area (Å²) in [6.45, 7) is 6.08. The van der Waals surface area contributed by atoms with Crippen LogP contribution < -0.4 is 4.74 Å². The zero-order valence-electron chi connectivity index (χ0n) is 17.1. The summed E-state index contributed by atoms with van der Waals surface area (Å²) < 4.78 is 6.97. The lowest BCUT2D eigenvalue weighted by Crippen LogP contribution is -2.47. The van der Waals surface area contributed by atoms with E-state index in [1.807, 2.05) is 36.1 Å². The van der Waals surface area contributed by atoms with Crippen LogP contribution in [0.25, 0.3) is 16.7 Å². The molecule has 29 heavy (non-hydrogen) atoms. The first kappa shape index (κ1) is 19.7. The molecule has 0 radical (unpaired) electrons. The van der Waals surface area contributed by atoms with Gasteiger partial charge in [-0.25, -0.2) is 9.67 Å². The molecule has 152 valence electrons. The summed E-state index contributed by atoms with van der Waals surface area (Å²) >= 11 is 6.74. The fourth-order valence-corrected chi connectivity index (χ4v) is 4.57. The van der Waals surface area contributed by atoms with E-state index >= 15 is 0 Å². The van der Waals surface area contributed by atoms with Gasteiger partial charge in [0.25, 0.3) is 5.91 Å². The van der Waals surface area contributed by atoms with Crippen LogP contribution in [0, 0.1) is 6.92 Å². The first-order chi connectivity index (χ1) is 13.9. The van der Waals surface area contributed by atoms with Crippen molar-refractivity contribution in [3.05, 3.63) is 46.7 Å². The van der Waals surface area contributed by atoms with Gasteiger partial charge in [-0.3, -0.25) is 4.79 Å². The van der Waals surface area contributed by atoms with Gasteiger partial charge >= 0.3 is 0 Å². The fourth-order valence-electron chi connectivity index (χ4n) is 4.22. The lowest BCUT2D eigenvalue weighted by atomic mass is 9.96. The van der Waals surface area contributed by atoms with Crippen molar-refractivity contribution in [3.8, 4) is 11.4 Å². The third kappa shape index (κ3) is 3.35. The highest BCUT2D eigenvalue weighted by Crippen LogP contribution is 2.33. The Kier molecular flexibility index (Phi) is 5.21. The molecule has 1 saturated heterocycles. The number of pyridine rings is 1. The van der Waals surface area contributed by atoms with Crippen LogP contribution in [0.5, 0.6) is 5.75 Å². The number of carbonyl (C=O) groups excluding carboxylic acids is 1. The molecule has 0 N–H and O–H groups in total.